The Morgan fingerprint density at radius 3 is 2.88 bits per heavy atom. The van der Waals surface area contributed by atoms with Crippen molar-refractivity contribution in [3.8, 4) is 0 Å². The van der Waals surface area contributed by atoms with Gasteiger partial charge in [0.25, 0.3) is 5.56 Å². The van der Waals surface area contributed by atoms with Gasteiger partial charge in [-0.1, -0.05) is 6.42 Å². The van der Waals surface area contributed by atoms with Gasteiger partial charge in [0.1, 0.15) is 0 Å². The molecule has 0 N–H and O–H groups in total. The summed E-state index contributed by atoms with van der Waals surface area (Å²) in [5.74, 6) is 1.36. The van der Waals surface area contributed by atoms with Crippen LogP contribution in [0.25, 0.3) is 0 Å². The van der Waals surface area contributed by atoms with Gasteiger partial charge in [-0.3, -0.25) is 4.79 Å². The van der Waals surface area contributed by atoms with E-state index in [1.807, 2.05) is 23.6 Å². The van der Waals surface area contributed by atoms with Gasteiger partial charge in [0.15, 0.2) is 0 Å². The maximum absolute atomic E-state index is 12.2. The molecule has 0 radical (unpaired) electrons. The molecular formula is C14H20N2O. The van der Waals surface area contributed by atoms with E-state index in [0.717, 1.165) is 18.2 Å². The normalized spacial score (nSPS) is 26.5. The van der Waals surface area contributed by atoms with E-state index in [-0.39, 0.29) is 5.56 Å². The summed E-state index contributed by atoms with van der Waals surface area (Å²) in [6, 6.07) is 3.98. The Morgan fingerprint density at radius 1 is 1.29 bits per heavy atom. The summed E-state index contributed by atoms with van der Waals surface area (Å²) in [7, 11) is 4.00. The minimum atomic E-state index is 0.183. The Bertz CT molecular complexity index is 489. The minimum Gasteiger partial charge on any atom is -0.377 e. The van der Waals surface area contributed by atoms with E-state index in [0.29, 0.717) is 5.92 Å². The van der Waals surface area contributed by atoms with Crippen molar-refractivity contribution in [3.05, 3.63) is 28.2 Å². The molecule has 17 heavy (non-hydrogen) atoms. The molecule has 3 rings (SSSR count). The largest absolute Gasteiger partial charge is 0.377 e. The van der Waals surface area contributed by atoms with E-state index in [1.165, 1.54) is 31.4 Å². The van der Waals surface area contributed by atoms with Crippen LogP contribution in [0.1, 0.15) is 37.3 Å². The summed E-state index contributed by atoms with van der Waals surface area (Å²) in [6.45, 7) is 0.943. The summed E-state index contributed by atoms with van der Waals surface area (Å²) < 4.78 is 2.02. The summed E-state index contributed by atoms with van der Waals surface area (Å²) >= 11 is 0. The number of rotatable bonds is 1. The lowest BCUT2D eigenvalue weighted by atomic mass is 9.77. The van der Waals surface area contributed by atoms with Crippen molar-refractivity contribution in [2.24, 2.45) is 5.92 Å². The van der Waals surface area contributed by atoms with E-state index < -0.39 is 0 Å². The number of anilines is 1. The van der Waals surface area contributed by atoms with Crippen LogP contribution in [0.4, 0.5) is 5.69 Å². The molecule has 0 amide bonds. The average Bonchev–Trinajstić information content (AvgIpc) is 2.30. The van der Waals surface area contributed by atoms with Crippen LogP contribution in [0.2, 0.25) is 0 Å². The molecule has 1 fully saturated rings. The first kappa shape index (κ1) is 10.9. The predicted molar refractivity (Wildman–Crippen MR) is 69.7 cm³/mol. The molecule has 3 nitrogen and oxygen atoms in total. The van der Waals surface area contributed by atoms with Crippen LogP contribution in [0.5, 0.6) is 0 Å². The maximum Gasteiger partial charge on any atom is 0.252 e. The van der Waals surface area contributed by atoms with Crippen LogP contribution in [-0.2, 0) is 6.54 Å². The van der Waals surface area contributed by atoms with Crippen LogP contribution in [-0.4, -0.2) is 18.7 Å². The highest BCUT2D eigenvalue weighted by Gasteiger charge is 2.31. The van der Waals surface area contributed by atoms with Crippen LogP contribution in [0.15, 0.2) is 16.9 Å². The number of nitrogens with zero attached hydrogens (tertiary/aromatic N) is 2. The van der Waals surface area contributed by atoms with Gasteiger partial charge < -0.3 is 9.47 Å². The smallest absolute Gasteiger partial charge is 0.252 e. The molecule has 92 valence electrons. The van der Waals surface area contributed by atoms with Crippen LogP contribution >= 0.6 is 0 Å². The zero-order valence-corrected chi connectivity index (χ0v) is 10.6. The Hall–Kier alpha value is -1.25. The van der Waals surface area contributed by atoms with Crippen molar-refractivity contribution >= 4 is 5.69 Å². The minimum absolute atomic E-state index is 0.183. The second-order valence-corrected chi connectivity index (χ2v) is 5.71. The zero-order chi connectivity index (χ0) is 12.0. The van der Waals surface area contributed by atoms with E-state index >= 15 is 0 Å². The number of hydrogen-bond acceptors (Lipinski definition) is 2. The quantitative estimate of drug-likeness (QED) is 0.741. The second-order valence-electron chi connectivity index (χ2n) is 5.71. The first-order valence-electron chi connectivity index (χ1n) is 6.57. The van der Waals surface area contributed by atoms with Gasteiger partial charge in [0.2, 0.25) is 0 Å². The van der Waals surface area contributed by atoms with E-state index in [1.54, 1.807) is 6.07 Å². The Balaban J connectivity index is 2.12. The molecule has 0 aromatic carbocycles. The monoisotopic (exact) mass is 232 g/mol. The highest BCUT2D eigenvalue weighted by Crippen LogP contribution is 2.40. The van der Waals surface area contributed by atoms with Crippen molar-refractivity contribution in [2.45, 2.75) is 38.1 Å². The van der Waals surface area contributed by atoms with Crippen molar-refractivity contribution in [1.29, 1.82) is 0 Å². The number of hydrogen-bond donors (Lipinski definition) is 0. The van der Waals surface area contributed by atoms with Gasteiger partial charge in [-0.25, -0.2) is 0 Å². The first-order valence-corrected chi connectivity index (χ1v) is 6.57. The molecule has 2 heterocycles. The Morgan fingerprint density at radius 2 is 2.12 bits per heavy atom. The molecule has 3 heteroatoms. The summed E-state index contributed by atoms with van der Waals surface area (Å²) in [6.07, 6.45) is 5.18. The molecule has 0 spiro atoms. The lowest BCUT2D eigenvalue weighted by Gasteiger charge is -2.37. The van der Waals surface area contributed by atoms with Crippen LogP contribution < -0.4 is 10.5 Å². The second kappa shape index (κ2) is 3.90. The third kappa shape index (κ3) is 1.78. The number of aromatic nitrogens is 1. The van der Waals surface area contributed by atoms with Crippen molar-refractivity contribution in [1.82, 2.24) is 4.57 Å². The lowest BCUT2D eigenvalue weighted by molar-refractivity contribution is 0.240. The average molecular weight is 232 g/mol. The topological polar surface area (TPSA) is 25.2 Å². The maximum atomic E-state index is 12.2. The van der Waals surface area contributed by atoms with Gasteiger partial charge in [0.05, 0.1) is 0 Å². The fourth-order valence-corrected chi connectivity index (χ4v) is 3.38. The molecular weight excluding hydrogens is 212 g/mol. The molecule has 1 unspecified atom stereocenters. The summed E-state index contributed by atoms with van der Waals surface area (Å²) in [5.41, 5.74) is 2.50. The summed E-state index contributed by atoms with van der Waals surface area (Å²) in [5, 5.41) is 0. The SMILES string of the molecule is CN(C)c1cc2n(c(=O)c1)CC1CCC[C@@H]2C1. The van der Waals surface area contributed by atoms with Gasteiger partial charge in [-0.15, -0.1) is 0 Å². The van der Waals surface area contributed by atoms with Crippen LogP contribution in [0.3, 0.4) is 0 Å². The van der Waals surface area contributed by atoms with E-state index in [9.17, 15) is 4.79 Å². The molecule has 2 bridgehead atoms. The Kier molecular flexibility index (Phi) is 2.49. The van der Waals surface area contributed by atoms with Gasteiger partial charge in [-0.05, 0) is 37.2 Å². The van der Waals surface area contributed by atoms with E-state index in [2.05, 4.69) is 6.07 Å². The zero-order valence-electron chi connectivity index (χ0n) is 10.6. The molecule has 1 aliphatic carbocycles. The number of fused-ring (bicyclic) bond motifs is 4. The standard InChI is InChI=1S/C14H20N2O/c1-15(2)12-7-13-11-5-3-4-10(6-11)9-16(13)14(17)8-12/h7-8,10-11H,3-6,9H2,1-2H3/t10?,11-/m1/s1. The van der Waals surface area contributed by atoms with Crippen molar-refractivity contribution in [2.75, 3.05) is 19.0 Å². The highest BCUT2D eigenvalue weighted by molar-refractivity contribution is 5.46. The molecule has 1 aromatic rings. The van der Waals surface area contributed by atoms with Crippen molar-refractivity contribution < 1.29 is 0 Å². The first-order chi connectivity index (χ1) is 8.15. The lowest BCUT2D eigenvalue weighted by Crippen LogP contribution is -2.35. The molecule has 1 saturated carbocycles. The van der Waals surface area contributed by atoms with Gasteiger partial charge in [0, 0.05) is 38.1 Å². The van der Waals surface area contributed by atoms with E-state index in [4.69, 9.17) is 0 Å². The molecule has 1 aliphatic heterocycles. The predicted octanol–water partition coefficient (Wildman–Crippen LogP) is 2.20. The summed E-state index contributed by atoms with van der Waals surface area (Å²) in [4.78, 5) is 14.2. The fraction of sp³-hybridized carbons (Fsp3) is 0.643. The molecule has 2 atom stereocenters. The third-order valence-electron chi connectivity index (χ3n) is 4.30. The van der Waals surface area contributed by atoms with Crippen LogP contribution in [0, 0.1) is 5.92 Å². The molecule has 0 saturated heterocycles. The fourth-order valence-electron chi connectivity index (χ4n) is 3.38. The van der Waals surface area contributed by atoms with Gasteiger partial charge in [-0.2, -0.15) is 0 Å². The Labute approximate surface area is 102 Å². The highest BCUT2D eigenvalue weighted by atomic mass is 16.1. The van der Waals surface area contributed by atoms with Crippen molar-refractivity contribution in [3.63, 3.8) is 0 Å². The molecule has 2 aliphatic rings. The molecule has 1 aromatic heterocycles. The third-order valence-corrected chi connectivity index (χ3v) is 4.30. The van der Waals surface area contributed by atoms with Gasteiger partial charge >= 0.3 is 0 Å². The number of pyridine rings is 1.